The standard InChI is InChI=1S/C30H27F3N2O4/c1-18(2)39-27-11-4-3-7-22(27)21(19-13-15-20(16-14-19)30(31,32)33)8-5-12-28(37)34-24-9-6-10-25-23(24)17-26(36)29(38)35-25/h3-16,18,26,36H,17H2,1-2H3,(H,34,37)(H,35,38)/b12-5+,21-8-. The third-order valence-electron chi connectivity index (χ3n) is 5.97. The van der Waals surface area contributed by atoms with Gasteiger partial charge in [-0.25, -0.2) is 0 Å². The van der Waals surface area contributed by atoms with Crippen LogP contribution in [0.3, 0.4) is 0 Å². The number of nitrogens with one attached hydrogen (secondary N) is 2. The van der Waals surface area contributed by atoms with Crippen LogP contribution >= 0.6 is 0 Å². The van der Waals surface area contributed by atoms with E-state index in [2.05, 4.69) is 10.6 Å². The van der Waals surface area contributed by atoms with Crippen molar-refractivity contribution in [1.82, 2.24) is 0 Å². The van der Waals surface area contributed by atoms with E-state index in [9.17, 15) is 27.9 Å². The normalized spacial score (nSPS) is 15.7. The molecule has 0 saturated heterocycles. The zero-order chi connectivity index (χ0) is 28.2. The molecule has 0 aliphatic carbocycles. The highest BCUT2D eigenvalue weighted by molar-refractivity contribution is 6.03. The van der Waals surface area contributed by atoms with Crippen LogP contribution in [-0.2, 0) is 22.2 Å². The average Bonchev–Trinajstić information content (AvgIpc) is 2.88. The SMILES string of the molecule is CC(C)Oc1ccccc1/C(=C\C=C\C(=O)Nc1cccc2c1CC(O)C(=O)N2)c1ccc(C(F)(F)F)cc1. The largest absolute Gasteiger partial charge is 0.490 e. The predicted molar refractivity (Wildman–Crippen MR) is 143 cm³/mol. The molecule has 202 valence electrons. The Hall–Kier alpha value is -4.37. The van der Waals surface area contributed by atoms with Crippen LogP contribution in [0.1, 0.15) is 36.1 Å². The van der Waals surface area contributed by atoms with Gasteiger partial charge in [0.2, 0.25) is 5.91 Å². The smallest absolute Gasteiger partial charge is 0.416 e. The van der Waals surface area contributed by atoms with Crippen LogP contribution in [-0.4, -0.2) is 29.1 Å². The molecule has 4 rings (SSSR count). The second kappa shape index (κ2) is 11.6. The van der Waals surface area contributed by atoms with Gasteiger partial charge in [-0.3, -0.25) is 9.59 Å². The maximum absolute atomic E-state index is 13.1. The highest BCUT2D eigenvalue weighted by atomic mass is 19.4. The summed E-state index contributed by atoms with van der Waals surface area (Å²) < 4.78 is 45.4. The van der Waals surface area contributed by atoms with Crippen molar-refractivity contribution >= 4 is 28.8 Å². The van der Waals surface area contributed by atoms with Crippen molar-refractivity contribution in [2.24, 2.45) is 0 Å². The maximum atomic E-state index is 13.1. The number of halogens is 3. The van der Waals surface area contributed by atoms with Gasteiger partial charge in [0.05, 0.1) is 11.7 Å². The molecule has 2 amide bonds. The first-order chi connectivity index (χ1) is 18.5. The van der Waals surface area contributed by atoms with Crippen LogP contribution in [0.25, 0.3) is 5.57 Å². The Morgan fingerprint density at radius 3 is 2.49 bits per heavy atom. The number of amides is 2. The molecular weight excluding hydrogens is 509 g/mol. The van der Waals surface area contributed by atoms with E-state index >= 15 is 0 Å². The maximum Gasteiger partial charge on any atom is 0.416 e. The summed E-state index contributed by atoms with van der Waals surface area (Å²) in [6.45, 7) is 3.74. The lowest BCUT2D eigenvalue weighted by Gasteiger charge is -2.23. The van der Waals surface area contributed by atoms with Gasteiger partial charge in [0.1, 0.15) is 11.9 Å². The van der Waals surface area contributed by atoms with Crippen LogP contribution in [0.2, 0.25) is 0 Å². The van der Waals surface area contributed by atoms with Gasteiger partial charge in [-0.1, -0.05) is 48.6 Å². The molecule has 39 heavy (non-hydrogen) atoms. The van der Waals surface area contributed by atoms with Crippen LogP contribution in [0.15, 0.2) is 85.0 Å². The zero-order valence-corrected chi connectivity index (χ0v) is 21.3. The molecule has 0 aromatic heterocycles. The number of hydrogen-bond acceptors (Lipinski definition) is 4. The lowest BCUT2D eigenvalue weighted by molar-refractivity contribution is -0.137. The predicted octanol–water partition coefficient (Wildman–Crippen LogP) is 5.97. The van der Waals surface area contributed by atoms with E-state index in [4.69, 9.17) is 4.74 Å². The van der Waals surface area contributed by atoms with E-state index in [1.165, 1.54) is 24.3 Å². The van der Waals surface area contributed by atoms with Gasteiger partial charge < -0.3 is 20.5 Å². The third kappa shape index (κ3) is 6.74. The van der Waals surface area contributed by atoms with E-state index in [1.807, 2.05) is 13.8 Å². The van der Waals surface area contributed by atoms with E-state index in [0.29, 0.717) is 39.4 Å². The van der Waals surface area contributed by atoms with Gasteiger partial charge in [-0.05, 0) is 55.3 Å². The molecule has 3 N–H and O–H groups in total. The monoisotopic (exact) mass is 536 g/mol. The number of aliphatic hydroxyl groups excluding tert-OH is 1. The van der Waals surface area contributed by atoms with Gasteiger partial charge in [-0.2, -0.15) is 13.2 Å². The molecule has 3 aromatic carbocycles. The summed E-state index contributed by atoms with van der Waals surface area (Å²) in [5.41, 5.74) is 2.52. The summed E-state index contributed by atoms with van der Waals surface area (Å²) >= 11 is 0. The second-order valence-electron chi connectivity index (χ2n) is 9.21. The number of alkyl halides is 3. The van der Waals surface area contributed by atoms with Gasteiger partial charge in [0, 0.05) is 35.0 Å². The van der Waals surface area contributed by atoms with E-state index in [-0.39, 0.29) is 12.5 Å². The average molecular weight is 537 g/mol. The molecule has 0 spiro atoms. The minimum absolute atomic E-state index is 0.0614. The van der Waals surface area contributed by atoms with E-state index in [1.54, 1.807) is 48.5 Å². The lowest BCUT2D eigenvalue weighted by Crippen LogP contribution is -2.34. The van der Waals surface area contributed by atoms with Crippen LogP contribution in [0.4, 0.5) is 24.5 Å². The van der Waals surface area contributed by atoms with Gasteiger partial charge in [0.25, 0.3) is 5.91 Å². The molecule has 0 bridgehead atoms. The van der Waals surface area contributed by atoms with Crippen LogP contribution in [0, 0.1) is 0 Å². The third-order valence-corrected chi connectivity index (χ3v) is 5.97. The van der Waals surface area contributed by atoms with E-state index < -0.39 is 29.7 Å². The summed E-state index contributed by atoms with van der Waals surface area (Å²) in [5.74, 6) is -0.425. The number of carbonyl (C=O) groups excluding carboxylic acids is 2. The summed E-state index contributed by atoms with van der Waals surface area (Å²) in [5, 5.41) is 15.3. The van der Waals surface area contributed by atoms with Crippen molar-refractivity contribution in [2.45, 2.75) is 38.7 Å². The van der Waals surface area contributed by atoms with Crippen LogP contribution < -0.4 is 15.4 Å². The molecule has 1 heterocycles. The lowest BCUT2D eigenvalue weighted by atomic mass is 9.95. The molecule has 0 fully saturated rings. The van der Waals surface area contributed by atoms with Crippen molar-refractivity contribution in [2.75, 3.05) is 10.6 Å². The quantitative estimate of drug-likeness (QED) is 0.256. The fraction of sp³-hybridized carbons (Fsp3) is 0.200. The molecule has 1 unspecified atom stereocenters. The Kier molecular flexibility index (Phi) is 8.21. The number of rotatable bonds is 7. The van der Waals surface area contributed by atoms with Gasteiger partial charge in [0.15, 0.2) is 0 Å². The van der Waals surface area contributed by atoms with Crippen molar-refractivity contribution < 1.29 is 32.6 Å². The minimum atomic E-state index is -4.46. The highest BCUT2D eigenvalue weighted by Gasteiger charge is 2.30. The van der Waals surface area contributed by atoms with Crippen molar-refractivity contribution in [3.05, 3.63) is 107 Å². The molecule has 1 atom stereocenters. The number of benzene rings is 3. The number of carbonyl (C=O) groups is 2. The second-order valence-corrected chi connectivity index (χ2v) is 9.21. The number of ether oxygens (including phenoxy) is 1. The fourth-order valence-electron chi connectivity index (χ4n) is 4.18. The van der Waals surface area contributed by atoms with Crippen molar-refractivity contribution in [3.63, 3.8) is 0 Å². The van der Waals surface area contributed by atoms with Crippen molar-refractivity contribution in [1.29, 1.82) is 0 Å². The summed E-state index contributed by atoms with van der Waals surface area (Å²) in [4.78, 5) is 24.5. The topological polar surface area (TPSA) is 87.7 Å². The Bertz CT molecular complexity index is 1430. The number of para-hydroxylation sites is 1. The molecule has 3 aromatic rings. The Morgan fingerprint density at radius 1 is 1.08 bits per heavy atom. The molecule has 6 nitrogen and oxygen atoms in total. The summed E-state index contributed by atoms with van der Waals surface area (Å²) in [7, 11) is 0. The number of allylic oxidation sites excluding steroid dienone is 2. The number of hydrogen-bond donors (Lipinski definition) is 3. The number of fused-ring (bicyclic) bond motifs is 1. The van der Waals surface area contributed by atoms with Gasteiger partial charge >= 0.3 is 6.18 Å². The minimum Gasteiger partial charge on any atom is -0.490 e. The van der Waals surface area contributed by atoms with Crippen LogP contribution in [0.5, 0.6) is 5.75 Å². The van der Waals surface area contributed by atoms with E-state index in [0.717, 1.165) is 12.1 Å². The zero-order valence-electron chi connectivity index (χ0n) is 21.3. The fourth-order valence-corrected chi connectivity index (χ4v) is 4.18. The Morgan fingerprint density at radius 2 is 1.79 bits per heavy atom. The summed E-state index contributed by atoms with van der Waals surface area (Å²) in [6, 6.07) is 17.0. The first kappa shape index (κ1) is 27.7. The number of anilines is 2. The highest BCUT2D eigenvalue weighted by Crippen LogP contribution is 2.35. The van der Waals surface area contributed by atoms with Crippen molar-refractivity contribution in [3.8, 4) is 5.75 Å². The molecule has 1 aliphatic heterocycles. The molecular formula is C30H27F3N2O4. The Balaban J connectivity index is 1.64. The summed E-state index contributed by atoms with van der Waals surface area (Å²) in [6.07, 6.45) is -1.33. The van der Waals surface area contributed by atoms with Gasteiger partial charge in [-0.15, -0.1) is 0 Å². The molecule has 0 radical (unpaired) electrons. The first-order valence-electron chi connectivity index (χ1n) is 12.3. The number of aliphatic hydroxyl groups is 1. The molecule has 0 saturated carbocycles. The first-order valence-corrected chi connectivity index (χ1v) is 12.3. The Labute approximate surface area is 223 Å². The molecule has 1 aliphatic rings. The molecule has 9 heteroatoms.